The Labute approximate surface area is 155 Å². The Morgan fingerprint density at radius 1 is 1.46 bits per heavy atom. The standard InChI is InChI=1S/C16H18N2O6S2/c1-17(11-5-8-26(22,23)10-11)14(19)4-6-18-15(20)13(25-16(18)21)9-12-3-2-7-24-12/h2-3,7,9,11H,4-6,8,10H2,1H3/b13-9-/t11-/m1/s1. The van der Waals surface area contributed by atoms with Crippen molar-refractivity contribution in [2.75, 3.05) is 25.1 Å². The molecule has 0 N–H and O–H groups in total. The first-order chi connectivity index (χ1) is 12.3. The molecular weight excluding hydrogens is 380 g/mol. The van der Waals surface area contributed by atoms with E-state index in [0.29, 0.717) is 12.2 Å². The highest BCUT2D eigenvalue weighted by atomic mass is 32.2. The number of hydrogen-bond donors (Lipinski definition) is 0. The fourth-order valence-corrected chi connectivity index (χ4v) is 5.48. The molecule has 0 aliphatic carbocycles. The van der Waals surface area contributed by atoms with Crippen LogP contribution in [0.1, 0.15) is 18.6 Å². The summed E-state index contributed by atoms with van der Waals surface area (Å²) in [5.41, 5.74) is 0. The summed E-state index contributed by atoms with van der Waals surface area (Å²) in [6, 6.07) is 3.00. The number of thioether (sulfide) groups is 1. The molecule has 1 aromatic rings. The average Bonchev–Trinajstić information content (AvgIpc) is 3.27. The minimum atomic E-state index is -3.09. The quantitative estimate of drug-likeness (QED) is 0.690. The Morgan fingerprint density at radius 3 is 2.85 bits per heavy atom. The lowest BCUT2D eigenvalue weighted by molar-refractivity contribution is -0.132. The maximum absolute atomic E-state index is 12.3. The number of nitrogens with zero attached hydrogens (tertiary/aromatic N) is 2. The van der Waals surface area contributed by atoms with Gasteiger partial charge in [-0.3, -0.25) is 19.3 Å². The van der Waals surface area contributed by atoms with E-state index < -0.39 is 21.0 Å². The molecule has 2 aliphatic heterocycles. The molecule has 3 rings (SSSR count). The molecule has 3 amide bonds. The third-order valence-electron chi connectivity index (χ3n) is 4.39. The first-order valence-electron chi connectivity index (χ1n) is 8.02. The first-order valence-corrected chi connectivity index (χ1v) is 10.7. The molecule has 0 saturated carbocycles. The molecule has 26 heavy (non-hydrogen) atoms. The molecule has 1 atom stereocenters. The summed E-state index contributed by atoms with van der Waals surface area (Å²) in [7, 11) is -1.53. The van der Waals surface area contributed by atoms with E-state index in [9.17, 15) is 22.8 Å². The number of imide groups is 1. The summed E-state index contributed by atoms with van der Waals surface area (Å²) in [5.74, 6) is -0.247. The van der Waals surface area contributed by atoms with Crippen LogP contribution in [0.15, 0.2) is 27.7 Å². The molecule has 0 aromatic carbocycles. The van der Waals surface area contributed by atoms with Crippen molar-refractivity contribution < 1.29 is 27.2 Å². The highest BCUT2D eigenvalue weighted by Crippen LogP contribution is 2.32. The summed E-state index contributed by atoms with van der Waals surface area (Å²) in [6.07, 6.45) is 3.33. The molecule has 2 saturated heterocycles. The third kappa shape index (κ3) is 4.01. The number of hydrogen-bond acceptors (Lipinski definition) is 7. The van der Waals surface area contributed by atoms with Gasteiger partial charge in [0.2, 0.25) is 5.91 Å². The average molecular weight is 398 g/mol. The van der Waals surface area contributed by atoms with Crippen LogP contribution in [0.5, 0.6) is 0 Å². The zero-order valence-electron chi connectivity index (χ0n) is 14.1. The molecule has 140 valence electrons. The summed E-state index contributed by atoms with van der Waals surface area (Å²) in [5, 5.41) is -0.438. The SMILES string of the molecule is CN(C(=O)CCN1C(=O)S/C(=C\c2ccco2)C1=O)[C@@H]1CCS(=O)(=O)C1. The van der Waals surface area contributed by atoms with E-state index in [4.69, 9.17) is 4.42 Å². The number of sulfone groups is 1. The van der Waals surface area contributed by atoms with E-state index >= 15 is 0 Å². The second-order valence-corrected chi connectivity index (χ2v) is 9.38. The Bertz CT molecular complexity index is 859. The normalized spacial score (nSPS) is 23.8. The molecule has 0 spiro atoms. The molecule has 3 heterocycles. The van der Waals surface area contributed by atoms with Crippen molar-refractivity contribution in [1.29, 1.82) is 0 Å². The molecule has 2 fully saturated rings. The highest BCUT2D eigenvalue weighted by molar-refractivity contribution is 8.18. The van der Waals surface area contributed by atoms with E-state index in [2.05, 4.69) is 0 Å². The lowest BCUT2D eigenvalue weighted by atomic mass is 10.2. The number of carbonyl (C=O) groups is 3. The van der Waals surface area contributed by atoms with Gasteiger partial charge >= 0.3 is 0 Å². The minimum Gasteiger partial charge on any atom is -0.465 e. The second kappa shape index (κ2) is 7.28. The van der Waals surface area contributed by atoms with Crippen molar-refractivity contribution in [3.8, 4) is 0 Å². The Hall–Kier alpha value is -2.07. The first kappa shape index (κ1) is 18.7. The van der Waals surface area contributed by atoms with Crippen molar-refractivity contribution in [1.82, 2.24) is 9.80 Å². The lowest BCUT2D eigenvalue weighted by Gasteiger charge is -2.24. The number of carbonyl (C=O) groups excluding carboxylic acids is 3. The van der Waals surface area contributed by atoms with Crippen LogP contribution < -0.4 is 0 Å². The maximum Gasteiger partial charge on any atom is 0.293 e. The van der Waals surface area contributed by atoms with Crippen LogP contribution in [0.4, 0.5) is 4.79 Å². The van der Waals surface area contributed by atoms with Crippen LogP contribution in [-0.2, 0) is 19.4 Å². The minimum absolute atomic E-state index is 0.0389. The fourth-order valence-electron chi connectivity index (χ4n) is 2.86. The van der Waals surface area contributed by atoms with Gasteiger partial charge in [-0.25, -0.2) is 8.42 Å². The molecule has 8 nitrogen and oxygen atoms in total. The van der Waals surface area contributed by atoms with Crippen molar-refractivity contribution in [2.45, 2.75) is 18.9 Å². The summed E-state index contributed by atoms with van der Waals surface area (Å²) < 4.78 is 28.2. The van der Waals surface area contributed by atoms with Gasteiger partial charge in [-0.05, 0) is 30.3 Å². The topological polar surface area (TPSA) is 105 Å². The van der Waals surface area contributed by atoms with E-state index in [0.717, 1.165) is 16.7 Å². The molecule has 1 aromatic heterocycles. The summed E-state index contributed by atoms with van der Waals surface area (Å²) >= 11 is 0.799. The van der Waals surface area contributed by atoms with Crippen molar-refractivity contribution >= 4 is 44.7 Å². The van der Waals surface area contributed by atoms with Crippen LogP contribution >= 0.6 is 11.8 Å². The van der Waals surface area contributed by atoms with Crippen molar-refractivity contribution in [3.63, 3.8) is 0 Å². The van der Waals surface area contributed by atoms with Gasteiger partial charge in [-0.2, -0.15) is 0 Å². The van der Waals surface area contributed by atoms with Crippen LogP contribution in [0.3, 0.4) is 0 Å². The van der Waals surface area contributed by atoms with Crippen LogP contribution in [-0.4, -0.2) is 66.4 Å². The zero-order valence-corrected chi connectivity index (χ0v) is 15.7. The summed E-state index contributed by atoms with van der Waals surface area (Å²) in [6.45, 7) is -0.0389. The number of rotatable bonds is 5. The van der Waals surface area contributed by atoms with Gasteiger partial charge in [0, 0.05) is 32.1 Å². The van der Waals surface area contributed by atoms with Crippen LogP contribution in [0.25, 0.3) is 6.08 Å². The predicted molar refractivity (Wildman–Crippen MR) is 95.8 cm³/mol. The lowest BCUT2D eigenvalue weighted by Crippen LogP contribution is -2.40. The molecule has 0 radical (unpaired) electrons. The zero-order chi connectivity index (χ0) is 18.9. The van der Waals surface area contributed by atoms with Crippen LogP contribution in [0, 0.1) is 0 Å². The van der Waals surface area contributed by atoms with E-state index in [1.54, 1.807) is 19.2 Å². The monoisotopic (exact) mass is 398 g/mol. The Kier molecular flexibility index (Phi) is 5.24. The maximum atomic E-state index is 12.3. The van der Waals surface area contributed by atoms with Gasteiger partial charge < -0.3 is 9.32 Å². The molecule has 0 unspecified atom stereocenters. The molecule has 0 bridgehead atoms. The third-order valence-corrected chi connectivity index (χ3v) is 7.05. The second-order valence-electron chi connectivity index (χ2n) is 6.16. The number of amides is 3. The predicted octanol–water partition coefficient (Wildman–Crippen LogP) is 1.35. The van der Waals surface area contributed by atoms with Crippen molar-refractivity contribution in [3.05, 3.63) is 29.1 Å². The van der Waals surface area contributed by atoms with Gasteiger partial charge in [0.15, 0.2) is 9.84 Å². The smallest absolute Gasteiger partial charge is 0.293 e. The van der Waals surface area contributed by atoms with Gasteiger partial charge in [-0.15, -0.1) is 0 Å². The number of furan rings is 1. The van der Waals surface area contributed by atoms with E-state index in [1.165, 1.54) is 17.2 Å². The van der Waals surface area contributed by atoms with Gasteiger partial charge in [0.05, 0.1) is 22.7 Å². The van der Waals surface area contributed by atoms with Crippen molar-refractivity contribution in [2.24, 2.45) is 0 Å². The largest absolute Gasteiger partial charge is 0.465 e. The highest BCUT2D eigenvalue weighted by Gasteiger charge is 2.37. The molecule has 10 heteroatoms. The molecular formula is C16H18N2O6S2. The Balaban J connectivity index is 1.58. The van der Waals surface area contributed by atoms with Crippen LogP contribution in [0.2, 0.25) is 0 Å². The fraction of sp³-hybridized carbons (Fsp3) is 0.438. The van der Waals surface area contributed by atoms with Gasteiger partial charge in [0.1, 0.15) is 5.76 Å². The Morgan fingerprint density at radius 2 is 2.23 bits per heavy atom. The van der Waals surface area contributed by atoms with Gasteiger partial charge in [0.25, 0.3) is 11.1 Å². The van der Waals surface area contributed by atoms with Gasteiger partial charge in [-0.1, -0.05) is 0 Å². The summed E-state index contributed by atoms with van der Waals surface area (Å²) in [4.78, 5) is 39.3. The van der Waals surface area contributed by atoms with E-state index in [-0.39, 0.29) is 41.3 Å². The molecule has 2 aliphatic rings. The van der Waals surface area contributed by atoms with E-state index in [1.807, 2.05) is 0 Å².